The molecule has 0 aliphatic heterocycles. The number of aromatic nitrogens is 2. The number of nitrogens with two attached hydrogens (primary N) is 1. The second-order valence-corrected chi connectivity index (χ2v) is 7.53. The molecule has 0 bridgehead atoms. The van der Waals surface area contributed by atoms with Crippen LogP contribution in [0, 0.1) is 11.2 Å². The average Bonchev–Trinajstić information content (AvgIpc) is 3.15. The summed E-state index contributed by atoms with van der Waals surface area (Å²) in [5, 5.41) is 8.09. The molecule has 1 fully saturated rings. The maximum atomic E-state index is 15.1. The average molecular weight is 407 g/mol. The Balaban J connectivity index is 1.73. The summed E-state index contributed by atoms with van der Waals surface area (Å²) in [4.78, 5) is 4.77. The number of halogens is 1. The van der Waals surface area contributed by atoms with E-state index in [1.54, 1.807) is 23.9 Å². The zero-order valence-corrected chi connectivity index (χ0v) is 17.0. The van der Waals surface area contributed by atoms with Gasteiger partial charge in [-0.15, -0.1) is 0 Å². The largest absolute Gasteiger partial charge is 0.457 e. The van der Waals surface area contributed by atoms with Crippen molar-refractivity contribution in [2.75, 3.05) is 12.5 Å². The van der Waals surface area contributed by atoms with Crippen LogP contribution in [-0.4, -0.2) is 22.5 Å². The van der Waals surface area contributed by atoms with E-state index in [2.05, 4.69) is 5.43 Å². The highest BCUT2D eigenvalue weighted by molar-refractivity contribution is 5.99. The van der Waals surface area contributed by atoms with E-state index in [4.69, 9.17) is 20.9 Å². The minimum absolute atomic E-state index is 0.155. The molecular weight excluding hydrogens is 381 g/mol. The Morgan fingerprint density at radius 2 is 1.87 bits per heavy atom. The Morgan fingerprint density at radius 1 is 1.13 bits per heavy atom. The molecule has 7 heteroatoms. The van der Waals surface area contributed by atoms with Crippen LogP contribution in [-0.2, 0) is 0 Å². The lowest BCUT2D eigenvalue weighted by molar-refractivity contribution is 0.422. The van der Waals surface area contributed by atoms with Crippen LogP contribution in [0.5, 0.6) is 11.5 Å². The van der Waals surface area contributed by atoms with Gasteiger partial charge < -0.3 is 15.9 Å². The number of amidine groups is 1. The summed E-state index contributed by atoms with van der Waals surface area (Å²) in [7, 11) is 1.76. The van der Waals surface area contributed by atoms with E-state index in [0.29, 0.717) is 28.5 Å². The van der Waals surface area contributed by atoms with Gasteiger partial charge in [0.2, 0.25) is 0 Å². The van der Waals surface area contributed by atoms with Crippen molar-refractivity contribution >= 4 is 5.84 Å². The highest BCUT2D eigenvalue weighted by atomic mass is 19.1. The minimum Gasteiger partial charge on any atom is -0.457 e. The number of nitrogens with zero attached hydrogens (tertiary/aromatic N) is 2. The second kappa shape index (κ2) is 8.57. The van der Waals surface area contributed by atoms with Gasteiger partial charge in [0.05, 0.1) is 0 Å². The van der Waals surface area contributed by atoms with Gasteiger partial charge in [-0.25, -0.2) is 14.1 Å². The van der Waals surface area contributed by atoms with Crippen molar-refractivity contribution in [1.29, 1.82) is 5.41 Å². The van der Waals surface area contributed by atoms with Crippen molar-refractivity contribution in [3.63, 3.8) is 0 Å². The molecule has 156 valence electrons. The Bertz CT molecular complexity index is 1040. The van der Waals surface area contributed by atoms with Crippen molar-refractivity contribution in [3.8, 4) is 22.8 Å². The molecule has 4 rings (SSSR count). The first-order valence-corrected chi connectivity index (χ1v) is 10.3. The number of ether oxygens (including phenoxy) is 1. The van der Waals surface area contributed by atoms with Gasteiger partial charge in [0.1, 0.15) is 40.4 Å². The van der Waals surface area contributed by atoms with Gasteiger partial charge in [-0.1, -0.05) is 37.5 Å². The fraction of sp³-hybridized carbons (Fsp3) is 0.304. The van der Waals surface area contributed by atoms with Crippen LogP contribution in [0.15, 0.2) is 48.5 Å². The molecule has 0 spiro atoms. The zero-order valence-electron chi connectivity index (χ0n) is 17.0. The number of benzene rings is 2. The Morgan fingerprint density at radius 3 is 2.50 bits per heavy atom. The highest BCUT2D eigenvalue weighted by Gasteiger charge is 2.28. The van der Waals surface area contributed by atoms with E-state index in [0.717, 1.165) is 31.5 Å². The molecule has 1 aliphatic rings. The van der Waals surface area contributed by atoms with Crippen LogP contribution in [0.1, 0.15) is 49.5 Å². The summed E-state index contributed by atoms with van der Waals surface area (Å²) in [6.45, 7) is 0. The summed E-state index contributed by atoms with van der Waals surface area (Å²) < 4.78 is 22.6. The molecule has 4 N–H and O–H groups in total. The molecule has 0 saturated heterocycles. The maximum Gasteiger partial charge on any atom is 0.144 e. The number of imidazole rings is 1. The fourth-order valence-corrected chi connectivity index (χ4v) is 4.11. The third-order valence-corrected chi connectivity index (χ3v) is 5.53. The van der Waals surface area contributed by atoms with Gasteiger partial charge in [-0.05, 0) is 37.1 Å². The molecule has 1 saturated carbocycles. The van der Waals surface area contributed by atoms with E-state index in [1.165, 1.54) is 12.5 Å². The number of hydrogen-bond acceptors (Lipinski definition) is 4. The Hall–Kier alpha value is -3.35. The predicted molar refractivity (Wildman–Crippen MR) is 116 cm³/mol. The van der Waals surface area contributed by atoms with Crippen LogP contribution >= 0.6 is 0 Å². The molecule has 6 nitrogen and oxygen atoms in total. The van der Waals surface area contributed by atoms with Crippen LogP contribution < -0.4 is 15.9 Å². The van der Waals surface area contributed by atoms with Crippen LogP contribution in [0.2, 0.25) is 0 Å². The second-order valence-electron chi connectivity index (χ2n) is 7.53. The van der Waals surface area contributed by atoms with E-state index in [-0.39, 0.29) is 11.8 Å². The van der Waals surface area contributed by atoms with Crippen LogP contribution in [0.25, 0.3) is 11.3 Å². The van der Waals surface area contributed by atoms with E-state index in [9.17, 15) is 0 Å². The molecule has 30 heavy (non-hydrogen) atoms. The summed E-state index contributed by atoms with van der Waals surface area (Å²) in [6, 6.07) is 13.9. The lowest BCUT2D eigenvalue weighted by atomic mass is 9.89. The normalized spacial score (nSPS) is 14.5. The molecule has 0 radical (unpaired) electrons. The molecule has 0 unspecified atom stereocenters. The molecular formula is C23H26FN5O. The van der Waals surface area contributed by atoms with Crippen molar-refractivity contribution in [2.45, 2.75) is 38.0 Å². The smallest absolute Gasteiger partial charge is 0.144 e. The van der Waals surface area contributed by atoms with Crippen LogP contribution in [0.3, 0.4) is 0 Å². The Kier molecular flexibility index (Phi) is 5.70. The van der Waals surface area contributed by atoms with Crippen molar-refractivity contribution < 1.29 is 9.13 Å². The van der Waals surface area contributed by atoms with Gasteiger partial charge in [0.25, 0.3) is 0 Å². The third-order valence-electron chi connectivity index (χ3n) is 5.53. The minimum atomic E-state index is -0.470. The molecule has 3 aromatic rings. The number of rotatable bonds is 6. The molecule has 2 aromatic carbocycles. The molecule has 1 aliphatic carbocycles. The third kappa shape index (κ3) is 3.87. The first kappa shape index (κ1) is 19.9. The van der Waals surface area contributed by atoms with Crippen molar-refractivity contribution in [3.05, 3.63) is 65.9 Å². The first-order chi connectivity index (χ1) is 14.6. The fourth-order valence-electron chi connectivity index (χ4n) is 4.11. The highest BCUT2D eigenvalue weighted by Crippen LogP contribution is 2.36. The summed E-state index contributed by atoms with van der Waals surface area (Å²) in [6.07, 6.45) is 5.57. The first-order valence-electron chi connectivity index (χ1n) is 10.3. The van der Waals surface area contributed by atoms with Crippen molar-refractivity contribution in [2.24, 2.45) is 5.73 Å². The zero-order chi connectivity index (χ0) is 21.1. The summed E-state index contributed by atoms with van der Waals surface area (Å²) in [5.74, 6) is 1.48. The number of hydrogen-bond donors (Lipinski definition) is 3. The van der Waals surface area contributed by atoms with Crippen LogP contribution in [0.4, 0.5) is 4.39 Å². The number of para-hydroxylation sites is 1. The van der Waals surface area contributed by atoms with E-state index < -0.39 is 5.82 Å². The topological polar surface area (TPSA) is 89.0 Å². The van der Waals surface area contributed by atoms with Crippen molar-refractivity contribution in [1.82, 2.24) is 9.66 Å². The molecule has 1 aromatic heterocycles. The standard InChI is InChI=1S/C23H26FN5O/c1-27-29-21(22(25)26)20(28-23(29)15-8-4-2-5-9-15)18-13-12-17(14-19(18)24)30-16-10-6-3-7-11-16/h3,6-7,10-15,27H,2,4-5,8-9H2,1H3,(H3,25,26). The predicted octanol–water partition coefficient (Wildman–Crippen LogP) is 4.99. The maximum absolute atomic E-state index is 15.1. The van der Waals surface area contributed by atoms with E-state index in [1.807, 2.05) is 30.3 Å². The van der Waals surface area contributed by atoms with E-state index >= 15 is 4.39 Å². The SMILES string of the molecule is CNn1c(C2CCCCC2)nc(-c2ccc(Oc3ccccc3)cc2F)c1C(=N)N. The summed E-state index contributed by atoms with van der Waals surface area (Å²) >= 11 is 0. The van der Waals surface area contributed by atoms with Gasteiger partial charge >= 0.3 is 0 Å². The lowest BCUT2D eigenvalue weighted by Gasteiger charge is -2.22. The summed E-state index contributed by atoms with van der Waals surface area (Å²) in [5.41, 5.74) is 10.0. The van der Waals surface area contributed by atoms with Gasteiger partial charge in [-0.2, -0.15) is 0 Å². The van der Waals surface area contributed by atoms with Gasteiger partial charge in [-0.3, -0.25) is 5.41 Å². The number of nitrogen functional groups attached to an aromatic ring is 1. The molecule has 1 heterocycles. The Labute approximate surface area is 175 Å². The lowest BCUT2D eigenvalue weighted by Crippen LogP contribution is -2.25. The van der Waals surface area contributed by atoms with Gasteiger partial charge in [0.15, 0.2) is 0 Å². The quantitative estimate of drug-likeness (QED) is 0.397. The molecule has 0 amide bonds. The van der Waals surface area contributed by atoms with Gasteiger partial charge in [0, 0.05) is 24.6 Å². The molecule has 0 atom stereocenters. The monoisotopic (exact) mass is 407 g/mol. The number of nitrogens with one attached hydrogen (secondary N) is 2.